The molecule has 4 aromatic heterocycles. The molecule has 4 aromatic rings. The summed E-state index contributed by atoms with van der Waals surface area (Å²) in [6.07, 6.45) is 2.82. The molecule has 1 aliphatic rings. The molecule has 5 heterocycles. The zero-order chi connectivity index (χ0) is 23.3. The Hall–Kier alpha value is -3.62. The summed E-state index contributed by atoms with van der Waals surface area (Å²) in [7, 11) is 0. The van der Waals surface area contributed by atoms with Gasteiger partial charge in [0.25, 0.3) is 11.5 Å². The number of carbonyl (C=O) groups is 1. The normalized spacial score (nSPS) is 16.2. The van der Waals surface area contributed by atoms with Crippen LogP contribution in [-0.4, -0.2) is 37.1 Å². The summed E-state index contributed by atoms with van der Waals surface area (Å²) >= 11 is 0. The van der Waals surface area contributed by atoms with Crippen LogP contribution in [-0.2, 0) is 12.8 Å². The van der Waals surface area contributed by atoms with Gasteiger partial charge in [-0.05, 0) is 52.2 Å². The molecule has 172 valence electrons. The van der Waals surface area contributed by atoms with Crippen LogP contribution in [0.15, 0.2) is 31.9 Å². The van der Waals surface area contributed by atoms with E-state index < -0.39 is 0 Å². The van der Waals surface area contributed by atoms with Crippen LogP contribution in [0.1, 0.15) is 76.1 Å². The summed E-state index contributed by atoms with van der Waals surface area (Å²) in [5, 5.41) is 7.17. The third-order valence-corrected chi connectivity index (χ3v) is 6.57. The summed E-state index contributed by atoms with van der Waals surface area (Å²) in [6, 6.07) is 5.25. The van der Waals surface area contributed by atoms with Crippen molar-refractivity contribution in [2.24, 2.45) is 0 Å². The smallest absolute Gasteiger partial charge is 0.290 e. The molecule has 0 bridgehead atoms. The van der Waals surface area contributed by atoms with E-state index in [1.165, 1.54) is 4.52 Å². The number of aromatic nitrogens is 4. The van der Waals surface area contributed by atoms with E-state index in [4.69, 9.17) is 8.94 Å². The summed E-state index contributed by atoms with van der Waals surface area (Å²) in [5.74, 6) is 1.58. The Balaban J connectivity index is 1.41. The lowest BCUT2D eigenvalue weighted by atomic mass is 10.1. The molecule has 0 spiro atoms. The topological polar surface area (TPSA) is 110 Å². The largest absolute Gasteiger partial charge is 0.456 e. The van der Waals surface area contributed by atoms with Gasteiger partial charge in [-0.2, -0.15) is 0 Å². The van der Waals surface area contributed by atoms with Crippen LogP contribution in [0, 0.1) is 20.8 Å². The van der Waals surface area contributed by atoms with Gasteiger partial charge in [-0.1, -0.05) is 12.1 Å². The highest BCUT2D eigenvalue weighted by Crippen LogP contribution is 2.33. The van der Waals surface area contributed by atoms with E-state index >= 15 is 0 Å². The van der Waals surface area contributed by atoms with E-state index in [1.54, 1.807) is 6.07 Å². The average Bonchev–Trinajstić information content (AvgIpc) is 3.57. The van der Waals surface area contributed by atoms with E-state index in [9.17, 15) is 9.59 Å². The van der Waals surface area contributed by atoms with Gasteiger partial charge in [0, 0.05) is 35.9 Å². The standard InChI is InChI=1S/C24H27N5O4/c1-5-17-13(2)25-22-12-19(26-29(22)23(17)30)20-7-6-10-28(20)24(31)21-9-8-16(32-21)11-18-14(3)27-33-15(18)4/h8-9,12,20,26H,5-7,10-11H2,1-4H3. The molecule has 1 fully saturated rings. The van der Waals surface area contributed by atoms with Crippen molar-refractivity contribution >= 4 is 11.6 Å². The SMILES string of the molecule is CCc1c(C)nc2cc(C3CCCN3C(=O)c3ccc(Cc4c(C)noc4C)o3)[nH]n2c1=O. The quantitative estimate of drug-likeness (QED) is 0.498. The fourth-order valence-electron chi connectivity index (χ4n) is 4.76. The van der Waals surface area contributed by atoms with Crippen LogP contribution in [0.25, 0.3) is 5.65 Å². The first-order valence-electron chi connectivity index (χ1n) is 11.3. The molecule has 0 radical (unpaired) electrons. The van der Waals surface area contributed by atoms with Crippen molar-refractivity contribution in [3.63, 3.8) is 0 Å². The van der Waals surface area contributed by atoms with Gasteiger partial charge in [0.2, 0.25) is 0 Å². The second kappa shape index (κ2) is 8.06. The summed E-state index contributed by atoms with van der Waals surface area (Å²) < 4.78 is 12.6. The number of hydrogen-bond acceptors (Lipinski definition) is 6. The fraction of sp³-hybridized carbons (Fsp3) is 0.417. The molecule has 1 atom stereocenters. The zero-order valence-corrected chi connectivity index (χ0v) is 19.3. The number of hydrogen-bond donors (Lipinski definition) is 1. The van der Waals surface area contributed by atoms with E-state index in [1.807, 2.05) is 44.7 Å². The molecule has 0 aromatic carbocycles. The van der Waals surface area contributed by atoms with Gasteiger partial charge in [0.05, 0.1) is 17.4 Å². The number of fused-ring (bicyclic) bond motifs is 1. The fourth-order valence-corrected chi connectivity index (χ4v) is 4.76. The predicted molar refractivity (Wildman–Crippen MR) is 120 cm³/mol. The van der Waals surface area contributed by atoms with Crippen LogP contribution in [0.5, 0.6) is 0 Å². The van der Waals surface area contributed by atoms with Crippen LogP contribution in [0.4, 0.5) is 0 Å². The molecule has 1 saturated heterocycles. The second-order valence-electron chi connectivity index (χ2n) is 8.64. The number of H-pyrrole nitrogens is 1. The van der Waals surface area contributed by atoms with Crippen molar-refractivity contribution in [1.82, 2.24) is 24.7 Å². The summed E-state index contributed by atoms with van der Waals surface area (Å²) in [4.78, 5) is 32.5. The van der Waals surface area contributed by atoms with Crippen molar-refractivity contribution in [3.8, 4) is 0 Å². The molecule has 33 heavy (non-hydrogen) atoms. The molecular weight excluding hydrogens is 422 g/mol. The molecule has 9 nitrogen and oxygen atoms in total. The van der Waals surface area contributed by atoms with Gasteiger partial charge < -0.3 is 13.8 Å². The molecule has 1 amide bonds. The predicted octanol–water partition coefficient (Wildman–Crippen LogP) is 3.66. The number of amides is 1. The van der Waals surface area contributed by atoms with Crippen molar-refractivity contribution in [3.05, 3.63) is 74.0 Å². The molecule has 1 N–H and O–H groups in total. The van der Waals surface area contributed by atoms with Crippen molar-refractivity contribution < 1.29 is 13.7 Å². The maximum Gasteiger partial charge on any atom is 0.290 e. The first-order valence-corrected chi connectivity index (χ1v) is 11.3. The number of rotatable bonds is 5. The third kappa shape index (κ3) is 3.57. The highest BCUT2D eigenvalue weighted by atomic mass is 16.5. The lowest BCUT2D eigenvalue weighted by Crippen LogP contribution is -2.30. The number of nitrogens with zero attached hydrogens (tertiary/aromatic N) is 4. The van der Waals surface area contributed by atoms with Crippen molar-refractivity contribution in [2.45, 2.75) is 59.4 Å². The van der Waals surface area contributed by atoms with E-state index in [2.05, 4.69) is 15.2 Å². The maximum atomic E-state index is 13.3. The monoisotopic (exact) mass is 449 g/mol. The van der Waals surface area contributed by atoms with Crippen LogP contribution in [0.3, 0.4) is 0 Å². The minimum Gasteiger partial charge on any atom is -0.456 e. The molecule has 1 aliphatic heterocycles. The summed E-state index contributed by atoms with van der Waals surface area (Å²) in [6.45, 7) is 8.18. The minimum atomic E-state index is -0.167. The zero-order valence-electron chi connectivity index (χ0n) is 19.3. The number of furan rings is 1. The minimum absolute atomic E-state index is 0.0860. The third-order valence-electron chi connectivity index (χ3n) is 6.57. The number of carbonyl (C=O) groups excluding carboxylic acids is 1. The Morgan fingerprint density at radius 2 is 2.03 bits per heavy atom. The second-order valence-corrected chi connectivity index (χ2v) is 8.64. The Bertz CT molecular complexity index is 1390. The Morgan fingerprint density at radius 1 is 1.21 bits per heavy atom. The molecule has 0 aliphatic carbocycles. The highest BCUT2D eigenvalue weighted by molar-refractivity contribution is 5.92. The molecule has 5 rings (SSSR count). The Kier molecular flexibility index (Phi) is 5.19. The van der Waals surface area contributed by atoms with Crippen LogP contribution < -0.4 is 5.56 Å². The lowest BCUT2D eigenvalue weighted by molar-refractivity contribution is 0.0698. The highest BCUT2D eigenvalue weighted by Gasteiger charge is 2.33. The molecule has 1 unspecified atom stereocenters. The van der Waals surface area contributed by atoms with Crippen LogP contribution >= 0.6 is 0 Å². The Morgan fingerprint density at radius 3 is 2.76 bits per heavy atom. The lowest BCUT2D eigenvalue weighted by Gasteiger charge is -2.22. The number of aryl methyl sites for hydroxylation is 3. The van der Waals surface area contributed by atoms with Crippen molar-refractivity contribution in [1.29, 1.82) is 0 Å². The molecule has 0 saturated carbocycles. The number of aromatic amines is 1. The van der Waals surface area contributed by atoms with Gasteiger partial charge >= 0.3 is 0 Å². The average molecular weight is 450 g/mol. The van der Waals surface area contributed by atoms with E-state index in [0.29, 0.717) is 42.1 Å². The summed E-state index contributed by atoms with van der Waals surface area (Å²) in [5.41, 5.74) is 4.53. The van der Waals surface area contributed by atoms with Gasteiger partial charge in [0.1, 0.15) is 11.5 Å². The first-order chi connectivity index (χ1) is 15.9. The molecular formula is C24H27N5O4. The number of likely N-dealkylation sites (tertiary alicyclic amines) is 1. The van der Waals surface area contributed by atoms with Gasteiger partial charge in [-0.15, -0.1) is 0 Å². The van der Waals surface area contributed by atoms with Crippen molar-refractivity contribution in [2.75, 3.05) is 6.54 Å². The van der Waals surface area contributed by atoms with E-state index in [0.717, 1.165) is 41.2 Å². The number of nitrogens with one attached hydrogen (secondary N) is 1. The van der Waals surface area contributed by atoms with Gasteiger partial charge in [-0.25, -0.2) is 9.50 Å². The van der Waals surface area contributed by atoms with E-state index in [-0.39, 0.29) is 17.5 Å². The first kappa shape index (κ1) is 21.2. The van der Waals surface area contributed by atoms with Crippen LogP contribution in [0.2, 0.25) is 0 Å². The van der Waals surface area contributed by atoms with Gasteiger partial charge in [0.15, 0.2) is 11.4 Å². The Labute approximate surface area is 190 Å². The van der Waals surface area contributed by atoms with Gasteiger partial charge in [-0.3, -0.25) is 14.7 Å². The maximum absolute atomic E-state index is 13.3. The molecule has 9 heteroatoms.